The molecule has 2 heteroatoms. The summed E-state index contributed by atoms with van der Waals surface area (Å²) in [7, 11) is 0. The minimum atomic E-state index is 0.189. The Hall–Kier alpha value is -0.860. The number of rotatable bonds is 1. The van der Waals surface area contributed by atoms with Crippen molar-refractivity contribution in [3.05, 3.63) is 35.9 Å². The normalized spacial score (nSPS) is 36.8. The van der Waals surface area contributed by atoms with Gasteiger partial charge in [-0.1, -0.05) is 30.3 Å². The van der Waals surface area contributed by atoms with Gasteiger partial charge in [0.2, 0.25) is 0 Å². The summed E-state index contributed by atoms with van der Waals surface area (Å²) in [6.45, 7) is 0.860. The van der Waals surface area contributed by atoms with E-state index in [2.05, 4.69) is 12.1 Å². The fourth-order valence-corrected chi connectivity index (χ4v) is 2.11. The Morgan fingerprint density at radius 2 is 2.00 bits per heavy atom. The Kier molecular flexibility index (Phi) is 1.64. The van der Waals surface area contributed by atoms with Crippen molar-refractivity contribution in [3.8, 4) is 0 Å². The van der Waals surface area contributed by atoms with Crippen LogP contribution in [0.2, 0.25) is 0 Å². The van der Waals surface area contributed by atoms with E-state index in [1.54, 1.807) is 0 Å². The average molecular weight is 176 g/mol. The third-order valence-electron chi connectivity index (χ3n) is 2.83. The van der Waals surface area contributed by atoms with Gasteiger partial charge in [-0.2, -0.15) is 0 Å². The quantitative estimate of drug-likeness (QED) is 0.650. The second-order valence-electron chi connectivity index (χ2n) is 3.63. The molecule has 0 aliphatic carbocycles. The van der Waals surface area contributed by atoms with E-state index < -0.39 is 0 Å². The Balaban J connectivity index is 1.81. The highest BCUT2D eigenvalue weighted by molar-refractivity contribution is 5.22. The van der Waals surface area contributed by atoms with Crippen LogP contribution in [-0.2, 0) is 9.47 Å². The molecular weight excluding hydrogens is 164 g/mol. The van der Waals surface area contributed by atoms with Gasteiger partial charge in [0.1, 0.15) is 12.2 Å². The number of hydrogen-bond donors (Lipinski definition) is 0. The van der Waals surface area contributed by atoms with E-state index in [0.29, 0.717) is 12.2 Å². The summed E-state index contributed by atoms with van der Waals surface area (Å²) >= 11 is 0. The van der Waals surface area contributed by atoms with E-state index in [9.17, 15) is 0 Å². The molecule has 0 radical (unpaired) electrons. The molecule has 0 bridgehead atoms. The summed E-state index contributed by atoms with van der Waals surface area (Å²) in [5.74, 6) is 0. The van der Waals surface area contributed by atoms with Crippen LogP contribution in [0.5, 0.6) is 0 Å². The summed E-state index contributed by atoms with van der Waals surface area (Å²) in [6, 6.07) is 10.3. The lowest BCUT2D eigenvalue weighted by Crippen LogP contribution is -2.44. The first-order valence-electron chi connectivity index (χ1n) is 4.77. The highest BCUT2D eigenvalue weighted by Gasteiger charge is 2.47. The van der Waals surface area contributed by atoms with Crippen molar-refractivity contribution in [2.45, 2.75) is 24.7 Å². The summed E-state index contributed by atoms with van der Waals surface area (Å²) in [5, 5.41) is 0. The van der Waals surface area contributed by atoms with Crippen LogP contribution in [0.25, 0.3) is 0 Å². The topological polar surface area (TPSA) is 18.5 Å². The van der Waals surface area contributed by atoms with Gasteiger partial charge in [0.25, 0.3) is 0 Å². The lowest BCUT2D eigenvalue weighted by molar-refractivity contribution is -0.202. The van der Waals surface area contributed by atoms with Crippen molar-refractivity contribution in [2.24, 2.45) is 0 Å². The van der Waals surface area contributed by atoms with Crippen LogP contribution in [0.15, 0.2) is 30.3 Å². The molecule has 68 valence electrons. The van der Waals surface area contributed by atoms with Crippen LogP contribution in [0.3, 0.4) is 0 Å². The van der Waals surface area contributed by atoms with E-state index >= 15 is 0 Å². The van der Waals surface area contributed by atoms with Crippen LogP contribution in [0, 0.1) is 0 Å². The van der Waals surface area contributed by atoms with Gasteiger partial charge in [-0.05, 0) is 12.0 Å². The zero-order valence-electron chi connectivity index (χ0n) is 7.35. The van der Waals surface area contributed by atoms with Gasteiger partial charge in [-0.15, -0.1) is 0 Å². The molecule has 13 heavy (non-hydrogen) atoms. The maximum absolute atomic E-state index is 5.72. The second kappa shape index (κ2) is 2.82. The van der Waals surface area contributed by atoms with Crippen molar-refractivity contribution in [2.75, 3.05) is 6.61 Å². The molecule has 1 aromatic rings. The van der Waals surface area contributed by atoms with E-state index in [-0.39, 0.29) is 6.10 Å². The smallest absolute Gasteiger partial charge is 0.114 e. The minimum absolute atomic E-state index is 0.189. The van der Waals surface area contributed by atoms with E-state index in [0.717, 1.165) is 13.0 Å². The van der Waals surface area contributed by atoms with Gasteiger partial charge < -0.3 is 9.47 Å². The van der Waals surface area contributed by atoms with Crippen LogP contribution >= 0.6 is 0 Å². The van der Waals surface area contributed by atoms with Gasteiger partial charge in [0.15, 0.2) is 0 Å². The molecular formula is C11H12O2. The van der Waals surface area contributed by atoms with Gasteiger partial charge >= 0.3 is 0 Å². The first-order valence-corrected chi connectivity index (χ1v) is 4.77. The Morgan fingerprint density at radius 3 is 2.77 bits per heavy atom. The molecule has 2 nitrogen and oxygen atoms in total. The molecule has 2 heterocycles. The zero-order chi connectivity index (χ0) is 8.67. The van der Waals surface area contributed by atoms with Crippen LogP contribution in [-0.4, -0.2) is 18.8 Å². The van der Waals surface area contributed by atoms with Crippen molar-refractivity contribution in [1.29, 1.82) is 0 Å². The van der Waals surface area contributed by atoms with E-state index in [1.165, 1.54) is 5.56 Å². The van der Waals surface area contributed by atoms with Gasteiger partial charge in [-0.3, -0.25) is 0 Å². The predicted molar refractivity (Wildman–Crippen MR) is 48.4 cm³/mol. The number of hydrogen-bond acceptors (Lipinski definition) is 2. The lowest BCUT2D eigenvalue weighted by Gasteiger charge is -2.39. The van der Waals surface area contributed by atoms with Crippen molar-refractivity contribution in [1.82, 2.24) is 0 Å². The summed E-state index contributed by atoms with van der Waals surface area (Å²) in [4.78, 5) is 0. The fourth-order valence-electron chi connectivity index (χ4n) is 2.11. The summed E-state index contributed by atoms with van der Waals surface area (Å²) < 4.78 is 11.3. The maximum atomic E-state index is 5.72. The molecule has 2 aliphatic heterocycles. The third kappa shape index (κ3) is 1.10. The monoisotopic (exact) mass is 176 g/mol. The number of benzene rings is 1. The molecule has 2 aliphatic rings. The summed E-state index contributed by atoms with van der Waals surface area (Å²) in [6.07, 6.45) is 1.94. The summed E-state index contributed by atoms with van der Waals surface area (Å²) in [5.41, 5.74) is 1.24. The fraction of sp³-hybridized carbons (Fsp3) is 0.455. The van der Waals surface area contributed by atoms with E-state index in [1.807, 2.05) is 18.2 Å². The zero-order valence-corrected chi connectivity index (χ0v) is 7.35. The standard InChI is InChI=1S/C11H12O2/c1-2-4-8(5-3-1)10-11-9(13-10)6-7-12-11/h1-5,9-11H,6-7H2/t9?,10-,11?/m1/s1. The second-order valence-corrected chi connectivity index (χ2v) is 3.63. The molecule has 0 saturated carbocycles. The predicted octanol–water partition coefficient (Wildman–Crippen LogP) is 1.92. The molecule has 3 atom stereocenters. The molecule has 3 rings (SSSR count). The van der Waals surface area contributed by atoms with Gasteiger partial charge in [0.05, 0.1) is 6.10 Å². The van der Waals surface area contributed by atoms with Crippen molar-refractivity contribution < 1.29 is 9.47 Å². The highest BCUT2D eigenvalue weighted by atomic mass is 16.6. The molecule has 1 aromatic carbocycles. The molecule has 2 unspecified atom stereocenters. The van der Waals surface area contributed by atoms with Crippen LogP contribution in [0.4, 0.5) is 0 Å². The average Bonchev–Trinajstić information content (AvgIpc) is 2.50. The first-order chi connectivity index (χ1) is 6.45. The van der Waals surface area contributed by atoms with Crippen LogP contribution in [0.1, 0.15) is 18.1 Å². The van der Waals surface area contributed by atoms with Crippen molar-refractivity contribution >= 4 is 0 Å². The number of ether oxygens (including phenoxy) is 2. The largest absolute Gasteiger partial charge is 0.372 e. The highest BCUT2D eigenvalue weighted by Crippen LogP contribution is 2.42. The Morgan fingerprint density at radius 1 is 1.15 bits per heavy atom. The Labute approximate surface area is 77.5 Å². The third-order valence-corrected chi connectivity index (χ3v) is 2.83. The minimum Gasteiger partial charge on any atom is -0.372 e. The number of fused-ring (bicyclic) bond motifs is 1. The first kappa shape index (κ1) is 7.54. The molecule has 2 saturated heterocycles. The lowest BCUT2D eigenvalue weighted by atomic mass is 9.94. The maximum Gasteiger partial charge on any atom is 0.114 e. The SMILES string of the molecule is c1ccc([C@H]2OC3CCOC32)cc1. The molecule has 0 spiro atoms. The van der Waals surface area contributed by atoms with Crippen LogP contribution < -0.4 is 0 Å². The molecule has 0 N–H and O–H groups in total. The molecule has 0 amide bonds. The van der Waals surface area contributed by atoms with E-state index in [4.69, 9.17) is 9.47 Å². The van der Waals surface area contributed by atoms with Gasteiger partial charge in [0, 0.05) is 6.61 Å². The van der Waals surface area contributed by atoms with Crippen molar-refractivity contribution in [3.63, 3.8) is 0 Å². The van der Waals surface area contributed by atoms with Gasteiger partial charge in [-0.25, -0.2) is 0 Å². The Bertz CT molecular complexity index is 296. The molecule has 0 aromatic heterocycles. The molecule has 2 fully saturated rings.